The molecule has 0 aliphatic carbocycles. The van der Waals surface area contributed by atoms with Crippen LogP contribution in [-0.2, 0) is 0 Å². The lowest BCUT2D eigenvalue weighted by atomic mass is 9.92. The van der Waals surface area contributed by atoms with Gasteiger partial charge in [0.05, 0.1) is 18.1 Å². The van der Waals surface area contributed by atoms with Crippen molar-refractivity contribution in [3.05, 3.63) is 59.4 Å². The van der Waals surface area contributed by atoms with Crippen LogP contribution in [0.3, 0.4) is 0 Å². The van der Waals surface area contributed by atoms with E-state index in [0.717, 1.165) is 17.3 Å². The predicted molar refractivity (Wildman–Crippen MR) is 79.6 cm³/mol. The van der Waals surface area contributed by atoms with Gasteiger partial charge < -0.3 is 4.90 Å². The molecule has 2 aromatic rings. The lowest BCUT2D eigenvalue weighted by Gasteiger charge is -2.29. The Kier molecular flexibility index (Phi) is 2.17. The number of anilines is 1. The number of fused-ring (bicyclic) bond motifs is 6. The summed E-state index contributed by atoms with van der Waals surface area (Å²) in [5.41, 5.74) is 5.32. The Morgan fingerprint density at radius 2 is 2.00 bits per heavy atom. The van der Waals surface area contributed by atoms with Crippen molar-refractivity contribution in [1.29, 1.82) is 0 Å². The fourth-order valence-electron chi connectivity index (χ4n) is 2.59. The third-order valence-corrected chi connectivity index (χ3v) is 4.13. The summed E-state index contributed by atoms with van der Waals surface area (Å²) in [6.45, 7) is 7.16. The maximum absolute atomic E-state index is 7.16. The van der Waals surface area contributed by atoms with E-state index in [1.807, 2.05) is 18.2 Å². The van der Waals surface area contributed by atoms with Crippen LogP contribution >= 0.6 is 11.9 Å². The molecule has 0 atom stereocenters. The molecule has 2 aliphatic heterocycles. The highest BCUT2D eigenvalue weighted by Gasteiger charge is 2.30. The van der Waals surface area contributed by atoms with Crippen molar-refractivity contribution in [3.63, 3.8) is 0 Å². The molecule has 2 heterocycles. The smallest absolute Gasteiger partial charge is 0.188 e. The maximum atomic E-state index is 7.16. The molecule has 0 N–H and O–H groups in total. The van der Waals surface area contributed by atoms with Gasteiger partial charge in [0.2, 0.25) is 0 Å². The van der Waals surface area contributed by atoms with Crippen LogP contribution in [0, 0.1) is 6.57 Å². The molecule has 4 rings (SSSR count). The number of rotatable bonds is 0. The minimum Gasteiger partial charge on any atom is -0.313 e. The van der Waals surface area contributed by atoms with E-state index in [-0.39, 0.29) is 0 Å². The fourth-order valence-corrected chi connectivity index (χ4v) is 3.35. The molecule has 2 aromatic carbocycles. The normalized spacial score (nSPS) is 15.1. The maximum Gasteiger partial charge on any atom is 0.188 e. The second-order valence-electron chi connectivity index (χ2n) is 4.46. The first-order chi connectivity index (χ1) is 9.38. The molecule has 4 heteroatoms. The molecule has 0 spiro atoms. The zero-order valence-electron chi connectivity index (χ0n) is 10.00. The van der Waals surface area contributed by atoms with E-state index in [9.17, 15) is 0 Å². The first-order valence-electron chi connectivity index (χ1n) is 5.97. The number of hydrogen-bond acceptors (Lipinski definition) is 3. The van der Waals surface area contributed by atoms with E-state index in [0.29, 0.717) is 5.69 Å². The van der Waals surface area contributed by atoms with E-state index < -0.39 is 0 Å². The van der Waals surface area contributed by atoms with Gasteiger partial charge in [0.15, 0.2) is 5.69 Å². The van der Waals surface area contributed by atoms with E-state index >= 15 is 0 Å². The van der Waals surface area contributed by atoms with Crippen molar-refractivity contribution in [2.45, 2.75) is 0 Å². The molecular weight excluding hydrogens is 254 g/mol. The number of nitrogens with zero attached hydrogens (tertiary/aromatic N) is 3. The van der Waals surface area contributed by atoms with Crippen LogP contribution in [0.2, 0.25) is 0 Å². The van der Waals surface area contributed by atoms with Crippen molar-refractivity contribution in [3.8, 4) is 11.1 Å². The summed E-state index contributed by atoms with van der Waals surface area (Å²) in [4.78, 5) is 5.74. The van der Waals surface area contributed by atoms with Gasteiger partial charge >= 0.3 is 0 Å². The van der Waals surface area contributed by atoms with Crippen LogP contribution in [0.1, 0.15) is 5.56 Å². The van der Waals surface area contributed by atoms with Gasteiger partial charge in [-0.05, 0) is 29.6 Å². The number of para-hydroxylation sites is 1. The van der Waals surface area contributed by atoms with Crippen molar-refractivity contribution < 1.29 is 0 Å². The molecule has 0 unspecified atom stereocenters. The van der Waals surface area contributed by atoms with Crippen molar-refractivity contribution in [2.24, 2.45) is 4.40 Å². The van der Waals surface area contributed by atoms with E-state index in [2.05, 4.69) is 38.4 Å². The molecule has 0 bridgehead atoms. The summed E-state index contributed by atoms with van der Waals surface area (Å²) in [5.74, 6) is 1.82. The van der Waals surface area contributed by atoms with Gasteiger partial charge in [-0.25, -0.2) is 4.85 Å². The zero-order chi connectivity index (χ0) is 12.8. The molecule has 90 valence electrons. The molecular formula is C15H9N3S. The molecule has 0 fully saturated rings. The van der Waals surface area contributed by atoms with Crippen LogP contribution in [-0.4, -0.2) is 11.7 Å². The molecule has 0 radical (unpaired) electrons. The van der Waals surface area contributed by atoms with Gasteiger partial charge in [0.1, 0.15) is 5.84 Å². The van der Waals surface area contributed by atoms with E-state index in [1.165, 1.54) is 16.8 Å². The average molecular weight is 263 g/mol. The molecule has 0 saturated heterocycles. The molecule has 0 amide bonds. The fraction of sp³-hybridized carbons (Fsp3) is 0.0667. The Bertz CT molecular complexity index is 758. The average Bonchev–Trinajstić information content (AvgIpc) is 2.97. The third-order valence-electron chi connectivity index (χ3n) is 3.45. The van der Waals surface area contributed by atoms with E-state index in [1.54, 1.807) is 11.9 Å². The first-order valence-corrected chi connectivity index (χ1v) is 6.91. The largest absolute Gasteiger partial charge is 0.313 e. The summed E-state index contributed by atoms with van der Waals surface area (Å²) in [5, 5.41) is 0. The van der Waals surface area contributed by atoms with Crippen LogP contribution < -0.4 is 4.90 Å². The van der Waals surface area contributed by atoms with E-state index in [4.69, 9.17) is 6.57 Å². The van der Waals surface area contributed by atoms with Gasteiger partial charge in [-0.3, -0.25) is 0 Å². The minimum atomic E-state index is 0.665. The van der Waals surface area contributed by atoms with Gasteiger partial charge in [-0.1, -0.05) is 30.3 Å². The van der Waals surface area contributed by atoms with Gasteiger partial charge in [0, 0.05) is 11.1 Å². The number of hydrogen-bond donors (Lipinski definition) is 0. The second kappa shape index (κ2) is 3.87. The van der Waals surface area contributed by atoms with Gasteiger partial charge in [-0.15, -0.1) is 0 Å². The van der Waals surface area contributed by atoms with Crippen molar-refractivity contribution in [2.75, 3.05) is 10.8 Å². The van der Waals surface area contributed by atoms with Crippen LogP contribution in [0.4, 0.5) is 11.4 Å². The summed E-state index contributed by atoms with van der Waals surface area (Å²) in [6.07, 6.45) is 0. The second-order valence-corrected chi connectivity index (χ2v) is 5.16. The Morgan fingerprint density at radius 1 is 1.11 bits per heavy atom. The summed E-state index contributed by atoms with van der Waals surface area (Å²) < 4.78 is 4.53. The molecule has 0 aromatic heterocycles. The van der Waals surface area contributed by atoms with Gasteiger partial charge in [0.25, 0.3) is 0 Å². The van der Waals surface area contributed by atoms with Crippen LogP contribution in [0.5, 0.6) is 0 Å². The summed E-state index contributed by atoms with van der Waals surface area (Å²) in [7, 11) is 0. The predicted octanol–water partition coefficient (Wildman–Crippen LogP) is 4.09. The lowest BCUT2D eigenvalue weighted by Crippen LogP contribution is -2.31. The molecule has 0 saturated carbocycles. The molecule has 3 nitrogen and oxygen atoms in total. The highest BCUT2D eigenvalue weighted by atomic mass is 32.2. The SMILES string of the molecule is [C-]#[N+]c1ccc2c(c1)C1=NSCN1c1ccccc1-2. The zero-order valence-corrected chi connectivity index (χ0v) is 10.8. The minimum absolute atomic E-state index is 0.665. The quantitative estimate of drug-likeness (QED) is 0.527. The van der Waals surface area contributed by atoms with Crippen LogP contribution in [0.25, 0.3) is 16.0 Å². The Hall–Kier alpha value is -2.25. The summed E-state index contributed by atoms with van der Waals surface area (Å²) in [6, 6.07) is 14.2. The monoisotopic (exact) mass is 263 g/mol. The third kappa shape index (κ3) is 1.42. The summed E-state index contributed by atoms with van der Waals surface area (Å²) >= 11 is 1.56. The highest BCUT2D eigenvalue weighted by molar-refractivity contribution is 7.98. The van der Waals surface area contributed by atoms with Gasteiger partial charge in [-0.2, -0.15) is 4.40 Å². The van der Waals surface area contributed by atoms with Crippen molar-refractivity contribution >= 4 is 29.2 Å². The first kappa shape index (κ1) is 10.7. The topological polar surface area (TPSA) is 20.0 Å². The lowest BCUT2D eigenvalue weighted by molar-refractivity contribution is 1.23. The number of benzene rings is 2. The standard InChI is InChI=1S/C15H9N3S/c1-16-10-6-7-11-12-4-2-3-5-14(12)18-9-19-17-15(18)13(11)8-10/h2-8H,9H2. The highest BCUT2D eigenvalue weighted by Crippen LogP contribution is 2.43. The Labute approximate surface area is 115 Å². The van der Waals surface area contributed by atoms with Crippen LogP contribution in [0.15, 0.2) is 46.9 Å². The number of amidine groups is 1. The van der Waals surface area contributed by atoms with Crippen molar-refractivity contribution in [1.82, 2.24) is 0 Å². The Morgan fingerprint density at radius 3 is 2.89 bits per heavy atom. The Balaban J connectivity index is 2.07. The molecule has 19 heavy (non-hydrogen) atoms. The molecule has 2 aliphatic rings.